The molecule has 160 valence electrons. The predicted octanol–water partition coefficient (Wildman–Crippen LogP) is 6.12. The van der Waals surface area contributed by atoms with E-state index in [-0.39, 0.29) is 0 Å². The molecule has 0 aromatic heterocycles. The van der Waals surface area contributed by atoms with Crippen LogP contribution in [0.15, 0.2) is 30.3 Å². The second-order valence-corrected chi connectivity index (χ2v) is 9.92. The van der Waals surface area contributed by atoms with Crippen LogP contribution in [0.2, 0.25) is 0 Å². The Morgan fingerprint density at radius 1 is 0.893 bits per heavy atom. The lowest BCUT2D eigenvalue weighted by molar-refractivity contribution is 0.177. The summed E-state index contributed by atoms with van der Waals surface area (Å²) in [5.41, 5.74) is 1.50. The summed E-state index contributed by atoms with van der Waals surface area (Å²) in [5.74, 6) is 2.33. The van der Waals surface area contributed by atoms with Crippen LogP contribution in [0.5, 0.6) is 0 Å². The average Bonchev–Trinajstić information content (AvgIpc) is 2.67. The molecule has 1 atom stereocenters. The summed E-state index contributed by atoms with van der Waals surface area (Å²) in [6, 6.07) is 11.1. The minimum atomic E-state index is 0.768. The van der Waals surface area contributed by atoms with Crippen molar-refractivity contribution >= 4 is 0 Å². The molecule has 28 heavy (non-hydrogen) atoms. The number of benzene rings is 1. The molecule has 0 spiro atoms. The Kier molecular flexibility index (Phi) is 11.2. The van der Waals surface area contributed by atoms with Gasteiger partial charge in [-0.3, -0.25) is 0 Å². The van der Waals surface area contributed by atoms with Crippen LogP contribution in [0.25, 0.3) is 0 Å². The molecule has 1 aliphatic rings. The molecule has 0 aliphatic carbocycles. The molecule has 2 rings (SSSR count). The Hall–Kier alpha value is -0.860. The van der Waals surface area contributed by atoms with Gasteiger partial charge < -0.3 is 9.80 Å². The SMILES string of the molecule is CC(C)CCN(CCCN1CCCCC1)CC(Cc1ccccc1)CC(C)C. The quantitative estimate of drug-likeness (QED) is 0.403. The van der Waals surface area contributed by atoms with Crippen LogP contribution in [-0.2, 0) is 6.42 Å². The van der Waals surface area contributed by atoms with E-state index in [1.165, 1.54) is 89.8 Å². The maximum Gasteiger partial charge on any atom is 0.00129 e. The van der Waals surface area contributed by atoms with E-state index in [1.54, 1.807) is 0 Å². The zero-order chi connectivity index (χ0) is 20.2. The number of rotatable bonds is 13. The maximum absolute atomic E-state index is 2.79. The van der Waals surface area contributed by atoms with E-state index in [4.69, 9.17) is 0 Å². The van der Waals surface area contributed by atoms with Crippen molar-refractivity contribution in [2.45, 2.75) is 72.6 Å². The molecule has 1 unspecified atom stereocenters. The molecule has 1 heterocycles. The maximum atomic E-state index is 2.79. The van der Waals surface area contributed by atoms with Crippen molar-refractivity contribution in [2.75, 3.05) is 39.3 Å². The molecule has 0 bridgehead atoms. The molecule has 1 aromatic rings. The summed E-state index contributed by atoms with van der Waals surface area (Å²) < 4.78 is 0. The van der Waals surface area contributed by atoms with Gasteiger partial charge in [0.15, 0.2) is 0 Å². The fourth-order valence-corrected chi connectivity index (χ4v) is 4.64. The summed E-state index contributed by atoms with van der Waals surface area (Å²) in [6.45, 7) is 17.2. The Balaban J connectivity index is 1.89. The van der Waals surface area contributed by atoms with Gasteiger partial charge in [-0.05, 0) is 94.6 Å². The first-order valence-electron chi connectivity index (χ1n) is 12.0. The smallest absolute Gasteiger partial charge is 0.00129 e. The molecule has 1 aromatic carbocycles. The molecule has 2 nitrogen and oxygen atoms in total. The van der Waals surface area contributed by atoms with Gasteiger partial charge in [0.1, 0.15) is 0 Å². The lowest BCUT2D eigenvalue weighted by Crippen LogP contribution is -2.36. The molecule has 0 saturated carbocycles. The summed E-state index contributed by atoms with van der Waals surface area (Å²) in [6.07, 6.45) is 9.46. The second kappa shape index (κ2) is 13.4. The van der Waals surface area contributed by atoms with E-state index in [0.717, 1.165) is 17.8 Å². The van der Waals surface area contributed by atoms with E-state index in [1.807, 2.05) is 0 Å². The van der Waals surface area contributed by atoms with Crippen molar-refractivity contribution < 1.29 is 0 Å². The Morgan fingerprint density at radius 3 is 2.25 bits per heavy atom. The molecule has 2 heteroatoms. The molecular weight excluding hydrogens is 340 g/mol. The van der Waals surface area contributed by atoms with Gasteiger partial charge in [-0.25, -0.2) is 0 Å². The molecule has 0 radical (unpaired) electrons. The Labute approximate surface area is 175 Å². The topological polar surface area (TPSA) is 6.48 Å². The highest BCUT2D eigenvalue weighted by molar-refractivity contribution is 5.15. The van der Waals surface area contributed by atoms with Crippen molar-refractivity contribution in [3.05, 3.63) is 35.9 Å². The number of likely N-dealkylation sites (tertiary alicyclic amines) is 1. The largest absolute Gasteiger partial charge is 0.303 e. The third-order valence-corrected chi connectivity index (χ3v) is 6.11. The van der Waals surface area contributed by atoms with Gasteiger partial charge in [0, 0.05) is 6.54 Å². The third-order valence-electron chi connectivity index (χ3n) is 6.11. The van der Waals surface area contributed by atoms with E-state index in [9.17, 15) is 0 Å². The summed E-state index contributed by atoms with van der Waals surface area (Å²) in [7, 11) is 0. The molecule has 0 N–H and O–H groups in total. The minimum Gasteiger partial charge on any atom is -0.303 e. The first kappa shape index (κ1) is 23.4. The number of hydrogen-bond acceptors (Lipinski definition) is 2. The Bertz CT molecular complexity index is 490. The number of nitrogens with zero attached hydrogens (tertiary/aromatic N) is 2. The fraction of sp³-hybridized carbons (Fsp3) is 0.769. The summed E-state index contributed by atoms with van der Waals surface area (Å²) in [4.78, 5) is 5.49. The van der Waals surface area contributed by atoms with E-state index in [2.05, 4.69) is 67.8 Å². The van der Waals surface area contributed by atoms with Crippen LogP contribution < -0.4 is 0 Å². The average molecular weight is 387 g/mol. The lowest BCUT2D eigenvalue weighted by Gasteiger charge is -2.31. The van der Waals surface area contributed by atoms with Crippen LogP contribution >= 0.6 is 0 Å². The van der Waals surface area contributed by atoms with Gasteiger partial charge in [-0.15, -0.1) is 0 Å². The molecular formula is C26H46N2. The van der Waals surface area contributed by atoms with Crippen molar-refractivity contribution in [3.8, 4) is 0 Å². The monoisotopic (exact) mass is 386 g/mol. The minimum absolute atomic E-state index is 0.768. The highest BCUT2D eigenvalue weighted by atomic mass is 15.1. The third kappa shape index (κ3) is 10.1. The van der Waals surface area contributed by atoms with E-state index < -0.39 is 0 Å². The van der Waals surface area contributed by atoms with Crippen LogP contribution in [0.1, 0.15) is 71.8 Å². The zero-order valence-corrected chi connectivity index (χ0v) is 19.2. The normalized spacial score (nSPS) is 17.0. The second-order valence-electron chi connectivity index (χ2n) is 9.92. The van der Waals surface area contributed by atoms with Crippen LogP contribution in [0.3, 0.4) is 0 Å². The summed E-state index contributed by atoms with van der Waals surface area (Å²) >= 11 is 0. The fourth-order valence-electron chi connectivity index (χ4n) is 4.64. The van der Waals surface area contributed by atoms with Crippen molar-refractivity contribution in [3.63, 3.8) is 0 Å². The molecule has 1 aliphatic heterocycles. The molecule has 1 saturated heterocycles. The molecule has 0 amide bonds. The van der Waals surface area contributed by atoms with Crippen LogP contribution in [-0.4, -0.2) is 49.1 Å². The highest BCUT2D eigenvalue weighted by Gasteiger charge is 2.17. The first-order chi connectivity index (χ1) is 13.5. The van der Waals surface area contributed by atoms with Gasteiger partial charge in [-0.1, -0.05) is 64.4 Å². The summed E-state index contributed by atoms with van der Waals surface area (Å²) in [5, 5.41) is 0. The van der Waals surface area contributed by atoms with Gasteiger partial charge >= 0.3 is 0 Å². The predicted molar refractivity (Wildman–Crippen MR) is 124 cm³/mol. The zero-order valence-electron chi connectivity index (χ0n) is 19.2. The van der Waals surface area contributed by atoms with Gasteiger partial charge in [-0.2, -0.15) is 0 Å². The van der Waals surface area contributed by atoms with Crippen LogP contribution in [0.4, 0.5) is 0 Å². The van der Waals surface area contributed by atoms with Crippen molar-refractivity contribution in [2.24, 2.45) is 17.8 Å². The highest BCUT2D eigenvalue weighted by Crippen LogP contribution is 2.20. The van der Waals surface area contributed by atoms with Crippen LogP contribution in [0, 0.1) is 17.8 Å². The first-order valence-corrected chi connectivity index (χ1v) is 12.0. The standard InChI is InChI=1S/C26H46N2/c1-23(2)14-19-28(18-11-17-27-15-9-6-10-16-27)22-26(20-24(3)4)21-25-12-7-5-8-13-25/h5,7-8,12-13,23-24,26H,6,9-11,14-22H2,1-4H3. The van der Waals surface area contributed by atoms with E-state index >= 15 is 0 Å². The number of hydrogen-bond donors (Lipinski definition) is 0. The van der Waals surface area contributed by atoms with Crippen molar-refractivity contribution in [1.29, 1.82) is 0 Å². The van der Waals surface area contributed by atoms with Gasteiger partial charge in [0.05, 0.1) is 0 Å². The number of piperidine rings is 1. The lowest BCUT2D eigenvalue weighted by atomic mass is 9.90. The molecule has 1 fully saturated rings. The Morgan fingerprint density at radius 2 is 1.61 bits per heavy atom. The van der Waals surface area contributed by atoms with Crippen molar-refractivity contribution in [1.82, 2.24) is 9.80 Å². The van der Waals surface area contributed by atoms with E-state index in [0.29, 0.717) is 0 Å². The van der Waals surface area contributed by atoms with Gasteiger partial charge in [0.25, 0.3) is 0 Å². The van der Waals surface area contributed by atoms with Gasteiger partial charge in [0.2, 0.25) is 0 Å².